The van der Waals surface area contributed by atoms with E-state index in [0.717, 1.165) is 16.5 Å². The van der Waals surface area contributed by atoms with E-state index in [2.05, 4.69) is 10.3 Å². The Morgan fingerprint density at radius 1 is 1.23 bits per heavy atom. The van der Waals surface area contributed by atoms with Crippen molar-refractivity contribution >= 4 is 22.6 Å². The molecule has 8 heteroatoms. The van der Waals surface area contributed by atoms with Gasteiger partial charge in [-0.2, -0.15) is 0 Å². The lowest BCUT2D eigenvalue weighted by atomic mass is 10.1. The average molecular weight is 409 g/mol. The van der Waals surface area contributed by atoms with Crippen molar-refractivity contribution in [2.24, 2.45) is 0 Å². The number of aromatic nitrogens is 1. The molecule has 1 fully saturated rings. The molecule has 1 aromatic heterocycles. The number of fused-ring (bicyclic) bond motifs is 1. The smallest absolute Gasteiger partial charge is 0.276 e. The lowest BCUT2D eigenvalue weighted by molar-refractivity contribution is -0.120. The first kappa shape index (κ1) is 19.8. The Bertz CT molecular complexity index is 1080. The van der Waals surface area contributed by atoms with Crippen LogP contribution in [0.25, 0.3) is 10.8 Å². The maximum Gasteiger partial charge on any atom is 0.276 e. The maximum atomic E-state index is 12.8. The summed E-state index contributed by atoms with van der Waals surface area (Å²) in [5.74, 6) is 1.43. The number of oxazole rings is 1. The van der Waals surface area contributed by atoms with Gasteiger partial charge >= 0.3 is 0 Å². The average Bonchev–Trinajstić information content (AvgIpc) is 3.17. The van der Waals surface area contributed by atoms with Gasteiger partial charge in [0, 0.05) is 25.6 Å². The number of benzene rings is 2. The first-order chi connectivity index (χ1) is 14.5. The minimum atomic E-state index is -0.258. The second-order valence-corrected chi connectivity index (χ2v) is 7.19. The Kier molecular flexibility index (Phi) is 5.56. The number of nitrogens with one attached hydrogen (secondary N) is 1. The van der Waals surface area contributed by atoms with Crippen LogP contribution in [0.1, 0.15) is 29.7 Å². The largest absolute Gasteiger partial charge is 0.497 e. The Morgan fingerprint density at radius 3 is 2.80 bits per heavy atom. The van der Waals surface area contributed by atoms with Crippen LogP contribution in [0.5, 0.6) is 11.5 Å². The summed E-state index contributed by atoms with van der Waals surface area (Å²) in [6.45, 7) is 2.76. The van der Waals surface area contributed by atoms with Gasteiger partial charge in [0.15, 0.2) is 12.3 Å². The van der Waals surface area contributed by atoms with Gasteiger partial charge in [-0.25, -0.2) is 4.98 Å². The van der Waals surface area contributed by atoms with Crippen molar-refractivity contribution in [3.63, 3.8) is 0 Å². The van der Waals surface area contributed by atoms with Crippen LogP contribution in [0, 0.1) is 0 Å². The highest BCUT2D eigenvalue weighted by molar-refractivity contribution is 5.93. The lowest BCUT2D eigenvalue weighted by Crippen LogP contribution is -2.42. The molecule has 3 aromatic rings. The summed E-state index contributed by atoms with van der Waals surface area (Å²) in [7, 11) is 1.63. The summed E-state index contributed by atoms with van der Waals surface area (Å²) >= 11 is 0. The first-order valence-electron chi connectivity index (χ1n) is 9.76. The minimum Gasteiger partial charge on any atom is -0.497 e. The van der Waals surface area contributed by atoms with Crippen LogP contribution >= 0.6 is 0 Å². The molecular weight excluding hydrogens is 386 g/mol. The van der Waals surface area contributed by atoms with Gasteiger partial charge in [-0.1, -0.05) is 12.1 Å². The molecule has 1 aliphatic rings. The quantitative estimate of drug-likeness (QED) is 0.696. The van der Waals surface area contributed by atoms with Crippen molar-refractivity contribution in [1.29, 1.82) is 0 Å². The molecule has 0 bridgehead atoms. The predicted octanol–water partition coefficient (Wildman–Crippen LogP) is 2.77. The molecule has 0 unspecified atom stereocenters. The van der Waals surface area contributed by atoms with Gasteiger partial charge in [-0.3, -0.25) is 9.59 Å². The van der Waals surface area contributed by atoms with Gasteiger partial charge < -0.3 is 24.1 Å². The molecule has 2 amide bonds. The monoisotopic (exact) mass is 409 g/mol. The molecule has 2 aromatic carbocycles. The maximum absolute atomic E-state index is 12.8. The van der Waals surface area contributed by atoms with Crippen LogP contribution in [-0.2, 0) is 11.4 Å². The Morgan fingerprint density at radius 2 is 2.00 bits per heavy atom. The van der Waals surface area contributed by atoms with Gasteiger partial charge in [0.25, 0.3) is 5.91 Å². The number of hydrogen-bond acceptors (Lipinski definition) is 6. The highest BCUT2D eigenvalue weighted by Crippen LogP contribution is 2.25. The van der Waals surface area contributed by atoms with Crippen LogP contribution in [0.2, 0.25) is 0 Å². The van der Waals surface area contributed by atoms with Gasteiger partial charge in [0.2, 0.25) is 11.8 Å². The van der Waals surface area contributed by atoms with Gasteiger partial charge in [0.05, 0.1) is 7.11 Å². The highest BCUT2D eigenvalue weighted by Gasteiger charge is 2.27. The highest BCUT2D eigenvalue weighted by atomic mass is 16.5. The third-order valence-electron chi connectivity index (χ3n) is 5.12. The molecule has 30 heavy (non-hydrogen) atoms. The summed E-state index contributed by atoms with van der Waals surface area (Å²) in [6.07, 6.45) is 1.61. The van der Waals surface area contributed by atoms with E-state index in [1.54, 1.807) is 12.0 Å². The fourth-order valence-corrected chi connectivity index (χ4v) is 3.39. The molecule has 2 heterocycles. The zero-order valence-electron chi connectivity index (χ0n) is 16.9. The SMILES string of the molecule is COc1ccc2ccc(OCc3nc(C(=O)N4CCC(=O)NC[C@H]4C)co3)cc2c1. The van der Waals surface area contributed by atoms with Crippen molar-refractivity contribution in [2.45, 2.75) is 26.0 Å². The molecule has 0 saturated carbocycles. The first-order valence-corrected chi connectivity index (χ1v) is 9.76. The Labute approximate surface area is 173 Å². The molecular formula is C22H23N3O5. The molecule has 0 radical (unpaired) electrons. The third kappa shape index (κ3) is 4.22. The van der Waals surface area contributed by atoms with Crippen LogP contribution in [0.4, 0.5) is 0 Å². The number of amides is 2. The summed E-state index contributed by atoms with van der Waals surface area (Å²) in [5, 5.41) is 4.86. The van der Waals surface area contributed by atoms with Crippen molar-refractivity contribution in [2.75, 3.05) is 20.2 Å². The van der Waals surface area contributed by atoms with E-state index < -0.39 is 0 Å². The molecule has 1 saturated heterocycles. The minimum absolute atomic E-state index is 0.0561. The van der Waals surface area contributed by atoms with E-state index in [4.69, 9.17) is 13.9 Å². The van der Waals surface area contributed by atoms with Gasteiger partial charge in [-0.05, 0) is 42.0 Å². The van der Waals surface area contributed by atoms with Crippen LogP contribution in [0.3, 0.4) is 0 Å². The molecule has 4 rings (SSSR count). The Hall–Kier alpha value is -3.55. The number of ether oxygens (including phenoxy) is 2. The van der Waals surface area contributed by atoms with Crippen LogP contribution in [-0.4, -0.2) is 47.9 Å². The number of nitrogens with zero attached hydrogens (tertiary/aromatic N) is 2. The molecule has 1 N–H and O–H groups in total. The molecule has 0 aliphatic carbocycles. The Balaban J connectivity index is 1.42. The zero-order chi connectivity index (χ0) is 21.1. The van der Waals surface area contributed by atoms with E-state index in [1.807, 2.05) is 43.3 Å². The molecule has 156 valence electrons. The molecule has 1 aliphatic heterocycles. The molecule has 1 atom stereocenters. The molecule has 8 nitrogen and oxygen atoms in total. The van der Waals surface area contributed by atoms with E-state index in [1.165, 1.54) is 6.26 Å². The van der Waals surface area contributed by atoms with Crippen molar-refractivity contribution in [3.8, 4) is 11.5 Å². The number of methoxy groups -OCH3 is 1. The van der Waals surface area contributed by atoms with Gasteiger partial charge in [-0.15, -0.1) is 0 Å². The van der Waals surface area contributed by atoms with Crippen LogP contribution < -0.4 is 14.8 Å². The van der Waals surface area contributed by atoms with E-state index in [9.17, 15) is 9.59 Å². The standard InChI is InChI=1S/C22H23N3O5/c1-14-11-23-20(26)7-8-25(14)22(27)19-12-30-21(24-19)13-29-18-6-4-15-3-5-17(28-2)9-16(15)10-18/h3-6,9-10,12,14H,7-8,11,13H2,1-2H3,(H,23,26)/t14-/m1/s1. The van der Waals surface area contributed by atoms with E-state index in [0.29, 0.717) is 24.7 Å². The number of carbonyl (C=O) groups excluding carboxylic acids is 2. The van der Waals surface area contributed by atoms with E-state index in [-0.39, 0.29) is 36.6 Å². The fraction of sp³-hybridized carbons (Fsp3) is 0.318. The summed E-state index contributed by atoms with van der Waals surface area (Å²) in [4.78, 5) is 30.2. The summed E-state index contributed by atoms with van der Waals surface area (Å²) in [6, 6.07) is 11.5. The summed E-state index contributed by atoms with van der Waals surface area (Å²) < 4.78 is 16.5. The van der Waals surface area contributed by atoms with Crippen LogP contribution in [0.15, 0.2) is 47.1 Å². The number of rotatable bonds is 5. The topological polar surface area (TPSA) is 93.9 Å². The predicted molar refractivity (Wildman–Crippen MR) is 109 cm³/mol. The third-order valence-corrected chi connectivity index (χ3v) is 5.12. The fourth-order valence-electron chi connectivity index (χ4n) is 3.39. The number of carbonyl (C=O) groups is 2. The van der Waals surface area contributed by atoms with E-state index >= 15 is 0 Å². The lowest BCUT2D eigenvalue weighted by Gasteiger charge is -2.25. The van der Waals surface area contributed by atoms with Gasteiger partial charge in [0.1, 0.15) is 17.8 Å². The molecule has 0 spiro atoms. The zero-order valence-corrected chi connectivity index (χ0v) is 16.9. The van der Waals surface area contributed by atoms with Crippen molar-refractivity contribution < 1.29 is 23.5 Å². The summed E-state index contributed by atoms with van der Waals surface area (Å²) in [5.41, 5.74) is 0.207. The normalized spacial score (nSPS) is 16.8. The number of hydrogen-bond donors (Lipinski definition) is 1. The van der Waals surface area contributed by atoms with Crippen molar-refractivity contribution in [3.05, 3.63) is 54.2 Å². The second-order valence-electron chi connectivity index (χ2n) is 7.19. The second kappa shape index (κ2) is 8.44. The van der Waals surface area contributed by atoms with Crippen molar-refractivity contribution in [1.82, 2.24) is 15.2 Å².